The average molecular weight is 221 g/mol. The Bertz CT molecular complexity index is 273. The molecule has 0 aliphatic heterocycles. The number of hydrogen-bond acceptors (Lipinski definition) is 2. The highest BCUT2D eigenvalue weighted by Crippen LogP contribution is 2.11. The van der Waals surface area contributed by atoms with Gasteiger partial charge < -0.3 is 10.5 Å². The van der Waals surface area contributed by atoms with Gasteiger partial charge in [0.1, 0.15) is 0 Å². The summed E-state index contributed by atoms with van der Waals surface area (Å²) in [6.45, 7) is 4.95. The molecule has 0 aliphatic carbocycles. The van der Waals surface area contributed by atoms with E-state index >= 15 is 0 Å². The molecular weight excluding hydrogens is 198 g/mol. The first-order valence-corrected chi connectivity index (χ1v) is 6.19. The molecule has 0 saturated heterocycles. The second kappa shape index (κ2) is 7.42. The maximum Gasteiger partial charge on any atom is 0.0727 e. The van der Waals surface area contributed by atoms with Gasteiger partial charge in [-0.05, 0) is 18.4 Å². The number of ether oxygens (including phenoxy) is 1. The van der Waals surface area contributed by atoms with Crippen molar-refractivity contribution in [2.24, 2.45) is 5.73 Å². The van der Waals surface area contributed by atoms with E-state index in [9.17, 15) is 0 Å². The van der Waals surface area contributed by atoms with Crippen LogP contribution in [0.2, 0.25) is 0 Å². The summed E-state index contributed by atoms with van der Waals surface area (Å²) in [5.74, 6) is 0. The molecule has 2 heteroatoms. The fraction of sp³-hybridized carbons (Fsp3) is 0.571. The zero-order valence-corrected chi connectivity index (χ0v) is 10.4. The number of rotatable bonds is 7. The van der Waals surface area contributed by atoms with E-state index < -0.39 is 0 Å². The Morgan fingerprint density at radius 1 is 1.19 bits per heavy atom. The second-order valence-electron chi connectivity index (χ2n) is 4.20. The molecule has 0 amide bonds. The molecule has 2 nitrogen and oxygen atoms in total. The van der Waals surface area contributed by atoms with Gasteiger partial charge in [0.15, 0.2) is 0 Å². The quantitative estimate of drug-likeness (QED) is 0.768. The molecule has 1 aromatic carbocycles. The third-order valence-electron chi connectivity index (χ3n) is 2.81. The third kappa shape index (κ3) is 4.33. The van der Waals surface area contributed by atoms with E-state index in [-0.39, 0.29) is 12.1 Å². The fourth-order valence-electron chi connectivity index (χ4n) is 1.84. The normalized spacial score (nSPS) is 14.7. The van der Waals surface area contributed by atoms with Crippen LogP contribution in [0.25, 0.3) is 0 Å². The predicted molar refractivity (Wildman–Crippen MR) is 68.2 cm³/mol. The Labute approximate surface area is 98.8 Å². The van der Waals surface area contributed by atoms with Gasteiger partial charge in [0.2, 0.25) is 0 Å². The first kappa shape index (κ1) is 13.2. The van der Waals surface area contributed by atoms with Gasteiger partial charge in [-0.25, -0.2) is 0 Å². The Kier molecular flexibility index (Phi) is 6.12. The van der Waals surface area contributed by atoms with Crippen LogP contribution in [-0.4, -0.2) is 12.1 Å². The minimum Gasteiger partial charge on any atom is -0.372 e. The molecule has 2 N–H and O–H groups in total. The van der Waals surface area contributed by atoms with Crippen LogP contribution >= 0.6 is 0 Å². The Hall–Kier alpha value is -0.860. The lowest BCUT2D eigenvalue weighted by Crippen LogP contribution is -2.36. The molecule has 0 spiro atoms. The summed E-state index contributed by atoms with van der Waals surface area (Å²) in [5, 5.41) is 0. The lowest BCUT2D eigenvalue weighted by molar-refractivity contribution is 0.0192. The molecule has 1 rings (SSSR count). The fourth-order valence-corrected chi connectivity index (χ4v) is 1.84. The monoisotopic (exact) mass is 221 g/mol. The summed E-state index contributed by atoms with van der Waals surface area (Å²) in [6, 6.07) is 10.4. The van der Waals surface area contributed by atoms with Gasteiger partial charge >= 0.3 is 0 Å². The number of nitrogens with two attached hydrogens (primary N) is 1. The maximum atomic E-state index is 6.08. The minimum atomic E-state index is 0.165. The molecule has 0 aromatic heterocycles. The van der Waals surface area contributed by atoms with Gasteiger partial charge in [0, 0.05) is 6.04 Å². The largest absolute Gasteiger partial charge is 0.372 e. The highest BCUT2D eigenvalue weighted by molar-refractivity contribution is 5.13. The van der Waals surface area contributed by atoms with Gasteiger partial charge in [-0.1, -0.05) is 50.6 Å². The SMILES string of the molecule is CCCC(N)C(CC)OCc1ccccc1. The van der Waals surface area contributed by atoms with E-state index in [1.807, 2.05) is 18.2 Å². The molecular formula is C14H23NO. The van der Waals surface area contributed by atoms with E-state index in [1.165, 1.54) is 5.56 Å². The standard InChI is InChI=1S/C14H23NO/c1-3-8-13(15)14(4-2)16-11-12-9-6-5-7-10-12/h5-7,9-10,13-14H,3-4,8,11,15H2,1-2H3. The molecule has 0 aliphatic rings. The molecule has 0 heterocycles. The van der Waals surface area contributed by atoms with Gasteiger partial charge in [0.25, 0.3) is 0 Å². The topological polar surface area (TPSA) is 35.2 Å². The molecule has 0 bridgehead atoms. The van der Waals surface area contributed by atoms with E-state index in [4.69, 9.17) is 10.5 Å². The highest BCUT2D eigenvalue weighted by atomic mass is 16.5. The third-order valence-corrected chi connectivity index (χ3v) is 2.81. The molecule has 0 fully saturated rings. The maximum absolute atomic E-state index is 6.08. The van der Waals surface area contributed by atoms with Crippen molar-refractivity contribution in [3.8, 4) is 0 Å². The van der Waals surface area contributed by atoms with E-state index in [1.54, 1.807) is 0 Å². The van der Waals surface area contributed by atoms with Crippen LogP contribution in [0.3, 0.4) is 0 Å². The molecule has 90 valence electrons. The Morgan fingerprint density at radius 3 is 2.44 bits per heavy atom. The molecule has 2 unspecified atom stereocenters. The lowest BCUT2D eigenvalue weighted by atomic mass is 10.0. The highest BCUT2D eigenvalue weighted by Gasteiger charge is 2.15. The first-order chi connectivity index (χ1) is 7.77. The zero-order chi connectivity index (χ0) is 11.8. The molecule has 16 heavy (non-hydrogen) atoms. The van der Waals surface area contributed by atoms with Gasteiger partial charge in [-0.2, -0.15) is 0 Å². The molecule has 0 radical (unpaired) electrons. The lowest BCUT2D eigenvalue weighted by Gasteiger charge is -2.22. The van der Waals surface area contributed by atoms with Crippen molar-refractivity contribution in [1.82, 2.24) is 0 Å². The summed E-state index contributed by atoms with van der Waals surface area (Å²) < 4.78 is 5.87. The van der Waals surface area contributed by atoms with Crippen molar-refractivity contribution >= 4 is 0 Å². The minimum absolute atomic E-state index is 0.165. The van der Waals surface area contributed by atoms with E-state index in [0.29, 0.717) is 6.61 Å². The van der Waals surface area contributed by atoms with Crippen LogP contribution in [0.15, 0.2) is 30.3 Å². The molecule has 0 saturated carbocycles. The summed E-state index contributed by atoms with van der Waals surface area (Å²) in [4.78, 5) is 0. The van der Waals surface area contributed by atoms with Crippen LogP contribution in [0.1, 0.15) is 38.7 Å². The molecule has 1 aromatic rings. The van der Waals surface area contributed by atoms with Crippen LogP contribution in [0.5, 0.6) is 0 Å². The van der Waals surface area contributed by atoms with Crippen LogP contribution in [0.4, 0.5) is 0 Å². The summed E-state index contributed by atoms with van der Waals surface area (Å²) >= 11 is 0. The Balaban J connectivity index is 2.39. The van der Waals surface area contributed by atoms with E-state index in [2.05, 4.69) is 26.0 Å². The van der Waals surface area contributed by atoms with Crippen molar-refractivity contribution in [2.45, 2.75) is 51.9 Å². The van der Waals surface area contributed by atoms with Gasteiger partial charge in [-0.3, -0.25) is 0 Å². The predicted octanol–water partition coefficient (Wildman–Crippen LogP) is 3.11. The molecule has 2 atom stereocenters. The van der Waals surface area contributed by atoms with Crippen molar-refractivity contribution in [2.75, 3.05) is 0 Å². The average Bonchev–Trinajstić information content (AvgIpc) is 2.31. The number of benzene rings is 1. The van der Waals surface area contributed by atoms with Crippen LogP contribution in [-0.2, 0) is 11.3 Å². The number of hydrogen-bond donors (Lipinski definition) is 1. The van der Waals surface area contributed by atoms with Gasteiger partial charge in [-0.15, -0.1) is 0 Å². The second-order valence-corrected chi connectivity index (χ2v) is 4.20. The van der Waals surface area contributed by atoms with Gasteiger partial charge in [0.05, 0.1) is 12.7 Å². The first-order valence-electron chi connectivity index (χ1n) is 6.19. The van der Waals surface area contributed by atoms with Crippen LogP contribution < -0.4 is 5.73 Å². The van der Waals surface area contributed by atoms with Crippen molar-refractivity contribution in [3.05, 3.63) is 35.9 Å². The zero-order valence-electron chi connectivity index (χ0n) is 10.4. The van der Waals surface area contributed by atoms with Crippen LogP contribution in [0, 0.1) is 0 Å². The summed E-state index contributed by atoms with van der Waals surface area (Å²) in [7, 11) is 0. The van der Waals surface area contributed by atoms with E-state index in [0.717, 1.165) is 19.3 Å². The smallest absolute Gasteiger partial charge is 0.0727 e. The Morgan fingerprint density at radius 2 is 1.88 bits per heavy atom. The summed E-state index contributed by atoms with van der Waals surface area (Å²) in [6.07, 6.45) is 3.31. The van der Waals surface area contributed by atoms with Crippen molar-refractivity contribution < 1.29 is 4.74 Å². The van der Waals surface area contributed by atoms with Crippen molar-refractivity contribution in [1.29, 1.82) is 0 Å². The summed E-state index contributed by atoms with van der Waals surface area (Å²) in [5.41, 5.74) is 7.29. The van der Waals surface area contributed by atoms with Crippen molar-refractivity contribution in [3.63, 3.8) is 0 Å².